The van der Waals surface area contributed by atoms with E-state index in [0.29, 0.717) is 5.88 Å². The Bertz CT molecular complexity index is 355. The number of alkyl halides is 1. The van der Waals surface area contributed by atoms with Crippen molar-refractivity contribution < 1.29 is 13.2 Å². The zero-order valence-electron chi connectivity index (χ0n) is 10.7. The van der Waals surface area contributed by atoms with Gasteiger partial charge in [-0.05, 0) is 19.8 Å². The summed E-state index contributed by atoms with van der Waals surface area (Å²) in [5.41, 5.74) is -0.772. The lowest BCUT2D eigenvalue weighted by molar-refractivity contribution is -0.128. The first-order chi connectivity index (χ1) is 7.64. The molecule has 0 rings (SSSR count). The Morgan fingerprint density at radius 3 is 2.35 bits per heavy atom. The predicted octanol–water partition coefficient (Wildman–Crippen LogP) is 0.553. The molecular weight excluding hydrogens is 264 g/mol. The highest BCUT2D eigenvalue weighted by atomic mass is 35.5. The van der Waals surface area contributed by atoms with Gasteiger partial charge in [-0.1, -0.05) is 6.92 Å². The van der Waals surface area contributed by atoms with Crippen molar-refractivity contribution >= 4 is 27.5 Å². The summed E-state index contributed by atoms with van der Waals surface area (Å²) in [6.07, 6.45) is 0. The molecular formula is C10H21ClN2O3S. The molecule has 0 aromatic carbocycles. The van der Waals surface area contributed by atoms with Gasteiger partial charge in [0.25, 0.3) is 0 Å². The van der Waals surface area contributed by atoms with Gasteiger partial charge in [0, 0.05) is 19.5 Å². The Labute approximate surface area is 108 Å². The van der Waals surface area contributed by atoms with E-state index < -0.39 is 15.4 Å². The van der Waals surface area contributed by atoms with Crippen LogP contribution >= 0.6 is 11.6 Å². The number of carbonyl (C=O) groups is 1. The van der Waals surface area contributed by atoms with E-state index in [-0.39, 0.29) is 24.1 Å². The highest BCUT2D eigenvalue weighted by Crippen LogP contribution is 2.14. The molecule has 0 saturated heterocycles. The van der Waals surface area contributed by atoms with Crippen molar-refractivity contribution in [2.24, 2.45) is 11.3 Å². The summed E-state index contributed by atoms with van der Waals surface area (Å²) < 4.78 is 25.7. The maximum atomic E-state index is 11.7. The minimum atomic E-state index is -3.38. The average Bonchev–Trinajstić information content (AvgIpc) is 2.24. The van der Waals surface area contributed by atoms with Crippen LogP contribution in [0.1, 0.15) is 20.8 Å². The lowest BCUT2D eigenvalue weighted by Gasteiger charge is -2.23. The summed E-state index contributed by atoms with van der Waals surface area (Å²) in [5.74, 6) is -0.0528. The zero-order valence-corrected chi connectivity index (χ0v) is 12.3. The molecule has 1 amide bonds. The predicted molar refractivity (Wildman–Crippen MR) is 69.5 cm³/mol. The third kappa shape index (κ3) is 6.24. The van der Waals surface area contributed by atoms with Crippen LogP contribution in [0.2, 0.25) is 0 Å². The van der Waals surface area contributed by atoms with E-state index in [1.807, 2.05) is 0 Å². The van der Waals surface area contributed by atoms with Crippen molar-refractivity contribution in [2.75, 3.05) is 25.2 Å². The molecule has 1 unspecified atom stereocenters. The Morgan fingerprint density at radius 1 is 1.41 bits per heavy atom. The number of rotatable bonds is 7. The summed E-state index contributed by atoms with van der Waals surface area (Å²) in [5, 5.41) is 2.50. The molecule has 0 aromatic rings. The molecule has 0 bridgehead atoms. The van der Waals surface area contributed by atoms with Gasteiger partial charge in [0.05, 0.1) is 11.2 Å². The Kier molecular flexibility index (Phi) is 6.43. The zero-order chi connectivity index (χ0) is 13.7. The number of nitrogens with one attached hydrogen (secondary N) is 2. The SMILES string of the molecule is CNC(=O)C(C)(C)CNS(=O)(=O)CC(C)CCl. The van der Waals surface area contributed by atoms with Crippen molar-refractivity contribution in [1.82, 2.24) is 10.0 Å². The van der Waals surface area contributed by atoms with Gasteiger partial charge in [0.2, 0.25) is 15.9 Å². The molecule has 5 nitrogen and oxygen atoms in total. The van der Waals surface area contributed by atoms with E-state index in [9.17, 15) is 13.2 Å². The average molecular weight is 285 g/mol. The number of amides is 1. The first kappa shape index (κ1) is 16.7. The van der Waals surface area contributed by atoms with Gasteiger partial charge in [-0.3, -0.25) is 4.79 Å². The van der Waals surface area contributed by atoms with Crippen LogP contribution in [0, 0.1) is 11.3 Å². The van der Waals surface area contributed by atoms with Crippen molar-refractivity contribution in [3.05, 3.63) is 0 Å². The van der Waals surface area contributed by atoms with E-state index in [1.165, 1.54) is 7.05 Å². The highest BCUT2D eigenvalue weighted by molar-refractivity contribution is 7.89. The first-order valence-electron chi connectivity index (χ1n) is 5.40. The number of sulfonamides is 1. The van der Waals surface area contributed by atoms with Crippen LogP contribution in [0.25, 0.3) is 0 Å². The monoisotopic (exact) mass is 284 g/mol. The van der Waals surface area contributed by atoms with Crippen molar-refractivity contribution in [3.8, 4) is 0 Å². The lowest BCUT2D eigenvalue weighted by atomic mass is 9.93. The van der Waals surface area contributed by atoms with E-state index in [1.54, 1.807) is 20.8 Å². The topological polar surface area (TPSA) is 75.3 Å². The van der Waals surface area contributed by atoms with Gasteiger partial charge in [0.15, 0.2) is 0 Å². The smallest absolute Gasteiger partial charge is 0.226 e. The minimum absolute atomic E-state index is 0.0275. The molecule has 0 aliphatic rings. The summed E-state index contributed by atoms with van der Waals surface area (Å²) in [6.45, 7) is 5.19. The standard InChI is InChI=1S/C10H21ClN2O3S/c1-8(5-11)6-17(15,16)13-7-10(2,3)9(14)12-4/h8,13H,5-7H2,1-4H3,(H,12,14). The quantitative estimate of drug-likeness (QED) is 0.671. The molecule has 0 fully saturated rings. The molecule has 102 valence electrons. The molecule has 0 aliphatic carbocycles. The summed E-state index contributed by atoms with van der Waals surface area (Å²) in [4.78, 5) is 11.5. The second kappa shape index (κ2) is 6.56. The van der Waals surface area contributed by atoms with Crippen molar-refractivity contribution in [2.45, 2.75) is 20.8 Å². The molecule has 0 spiro atoms. The Balaban J connectivity index is 4.41. The van der Waals surface area contributed by atoms with Crippen LogP contribution in [0.4, 0.5) is 0 Å². The van der Waals surface area contributed by atoms with Gasteiger partial charge in [-0.2, -0.15) is 0 Å². The van der Waals surface area contributed by atoms with Gasteiger partial charge in [-0.25, -0.2) is 13.1 Å². The van der Waals surface area contributed by atoms with Crippen LogP contribution < -0.4 is 10.0 Å². The maximum absolute atomic E-state index is 11.7. The molecule has 0 heterocycles. The van der Waals surface area contributed by atoms with Crippen molar-refractivity contribution in [3.63, 3.8) is 0 Å². The number of halogens is 1. The van der Waals surface area contributed by atoms with Crippen LogP contribution in [0.3, 0.4) is 0 Å². The molecule has 17 heavy (non-hydrogen) atoms. The minimum Gasteiger partial charge on any atom is -0.359 e. The second-order valence-corrected chi connectivity index (χ2v) is 6.99. The van der Waals surface area contributed by atoms with Gasteiger partial charge in [-0.15, -0.1) is 11.6 Å². The normalized spacial score (nSPS) is 14.4. The molecule has 7 heteroatoms. The molecule has 2 N–H and O–H groups in total. The number of carbonyl (C=O) groups excluding carboxylic acids is 1. The molecule has 0 aromatic heterocycles. The maximum Gasteiger partial charge on any atom is 0.226 e. The third-order valence-electron chi connectivity index (χ3n) is 2.34. The van der Waals surface area contributed by atoms with Crippen molar-refractivity contribution in [1.29, 1.82) is 0 Å². The summed E-state index contributed by atoms with van der Waals surface area (Å²) >= 11 is 5.56. The number of hydrogen-bond acceptors (Lipinski definition) is 3. The third-order valence-corrected chi connectivity index (χ3v) is 4.46. The van der Waals surface area contributed by atoms with Crippen LogP contribution in [0.15, 0.2) is 0 Å². The molecule has 0 saturated carbocycles. The fraction of sp³-hybridized carbons (Fsp3) is 0.900. The fourth-order valence-corrected chi connectivity index (χ4v) is 2.99. The Hall–Kier alpha value is -0.330. The van der Waals surface area contributed by atoms with Crippen LogP contribution in [0.5, 0.6) is 0 Å². The fourth-order valence-electron chi connectivity index (χ4n) is 1.19. The largest absolute Gasteiger partial charge is 0.359 e. The summed E-state index contributed by atoms with van der Waals surface area (Å²) in [6, 6.07) is 0. The first-order valence-corrected chi connectivity index (χ1v) is 7.59. The Morgan fingerprint density at radius 2 is 1.94 bits per heavy atom. The van der Waals surface area contributed by atoms with E-state index in [4.69, 9.17) is 11.6 Å². The van der Waals surface area contributed by atoms with Gasteiger partial charge in [0.1, 0.15) is 0 Å². The summed E-state index contributed by atoms with van der Waals surface area (Å²) in [7, 11) is -1.86. The molecule has 1 atom stereocenters. The van der Waals surface area contributed by atoms with E-state index in [0.717, 1.165) is 0 Å². The lowest BCUT2D eigenvalue weighted by Crippen LogP contribution is -2.44. The van der Waals surface area contributed by atoms with E-state index >= 15 is 0 Å². The molecule has 0 aliphatic heterocycles. The van der Waals surface area contributed by atoms with Gasteiger partial charge >= 0.3 is 0 Å². The molecule has 0 radical (unpaired) electrons. The second-order valence-electron chi connectivity index (χ2n) is 4.83. The van der Waals surface area contributed by atoms with Crippen LogP contribution in [-0.4, -0.2) is 39.6 Å². The highest BCUT2D eigenvalue weighted by Gasteiger charge is 2.28. The van der Waals surface area contributed by atoms with E-state index in [2.05, 4.69) is 10.0 Å². The number of hydrogen-bond donors (Lipinski definition) is 2. The van der Waals surface area contributed by atoms with Crippen LogP contribution in [-0.2, 0) is 14.8 Å². The van der Waals surface area contributed by atoms with Gasteiger partial charge < -0.3 is 5.32 Å².